The van der Waals surface area contributed by atoms with E-state index >= 15 is 0 Å². The normalized spacial score (nSPS) is 15.1. The van der Waals surface area contributed by atoms with Gasteiger partial charge in [-0.15, -0.1) is 0 Å². The maximum atomic E-state index is 13.5. The van der Waals surface area contributed by atoms with E-state index in [1.165, 1.54) is 15.9 Å². The van der Waals surface area contributed by atoms with Crippen LogP contribution < -0.4 is 0 Å². The average molecular weight is 447 g/mol. The first-order valence-electron chi connectivity index (χ1n) is 9.19. The fourth-order valence-corrected chi connectivity index (χ4v) is 3.56. The number of hydrogen-bond acceptors (Lipinski definition) is 3. The van der Waals surface area contributed by atoms with Gasteiger partial charge in [0.25, 0.3) is 11.8 Å². The zero-order valence-corrected chi connectivity index (χ0v) is 17.0. The molecule has 162 valence electrons. The molecule has 2 aromatic rings. The third kappa shape index (κ3) is 4.28. The quantitative estimate of drug-likeness (QED) is 0.672. The summed E-state index contributed by atoms with van der Waals surface area (Å²) < 4.78 is 54.5. The van der Waals surface area contributed by atoms with Crippen molar-refractivity contribution in [2.45, 2.75) is 26.1 Å². The molecule has 0 N–H and O–H groups in total. The van der Waals surface area contributed by atoms with Gasteiger partial charge in [-0.3, -0.25) is 14.3 Å². The van der Waals surface area contributed by atoms with Crippen LogP contribution in [0.1, 0.15) is 46.3 Å². The van der Waals surface area contributed by atoms with Crippen LogP contribution in [0.3, 0.4) is 0 Å². The first kappa shape index (κ1) is 22.1. The van der Waals surface area contributed by atoms with Crippen molar-refractivity contribution in [2.24, 2.45) is 0 Å². The second-order valence-corrected chi connectivity index (χ2v) is 7.56. The number of halogens is 5. The molecule has 2 amide bonds. The smallest absolute Gasteiger partial charge is 0.335 e. The van der Waals surface area contributed by atoms with Gasteiger partial charge in [-0.1, -0.05) is 11.6 Å². The summed E-state index contributed by atoms with van der Waals surface area (Å²) in [5, 5.41) is 3.70. The molecule has 1 aliphatic heterocycles. The highest BCUT2D eigenvalue weighted by Gasteiger charge is 2.42. The first-order chi connectivity index (χ1) is 14.0. The molecule has 0 spiro atoms. The molecule has 1 saturated heterocycles. The number of nitrogens with zero attached hydrogens (tertiary/aromatic N) is 4. The fourth-order valence-electron chi connectivity index (χ4n) is 3.31. The Balaban J connectivity index is 1.74. The standard InChI is InChI=1S/C19H19ClF4N4O2/c1-11(2)28-16(19(22,23)24)14(10-25-28)18(30)27-7-5-26(6-8-27)17(29)13-4-3-12(21)9-15(13)20/h3-4,9-11H,5-8H2,1-2H3. The van der Waals surface area contributed by atoms with Gasteiger partial charge in [0.05, 0.1) is 22.3 Å². The molecule has 1 aromatic heterocycles. The third-order valence-corrected chi connectivity index (χ3v) is 5.11. The van der Waals surface area contributed by atoms with Crippen molar-refractivity contribution < 1.29 is 27.2 Å². The van der Waals surface area contributed by atoms with Gasteiger partial charge >= 0.3 is 6.18 Å². The summed E-state index contributed by atoms with van der Waals surface area (Å²) in [5.74, 6) is -1.80. The summed E-state index contributed by atoms with van der Waals surface area (Å²) in [6.07, 6.45) is -3.80. The van der Waals surface area contributed by atoms with Gasteiger partial charge in [-0.25, -0.2) is 4.39 Å². The summed E-state index contributed by atoms with van der Waals surface area (Å²) in [4.78, 5) is 28.0. The number of piperazine rings is 1. The number of alkyl halides is 3. The van der Waals surface area contributed by atoms with Gasteiger partial charge in [0.15, 0.2) is 5.69 Å². The van der Waals surface area contributed by atoms with Gasteiger partial charge in [-0.2, -0.15) is 18.3 Å². The van der Waals surface area contributed by atoms with Crippen LogP contribution in [0.2, 0.25) is 5.02 Å². The Morgan fingerprint density at radius 1 is 1.03 bits per heavy atom. The van der Waals surface area contributed by atoms with E-state index in [1.807, 2.05) is 0 Å². The number of amides is 2. The van der Waals surface area contributed by atoms with Crippen LogP contribution in [0.5, 0.6) is 0 Å². The van der Waals surface area contributed by atoms with E-state index in [4.69, 9.17) is 11.6 Å². The molecule has 3 rings (SSSR count). The molecule has 1 fully saturated rings. The maximum absolute atomic E-state index is 13.5. The van der Waals surface area contributed by atoms with Gasteiger partial charge in [0.1, 0.15) is 5.82 Å². The van der Waals surface area contributed by atoms with Crippen LogP contribution in [0, 0.1) is 5.82 Å². The van der Waals surface area contributed by atoms with E-state index in [0.29, 0.717) is 0 Å². The molecule has 1 aromatic carbocycles. The van der Waals surface area contributed by atoms with Gasteiger partial charge in [-0.05, 0) is 32.0 Å². The summed E-state index contributed by atoms with van der Waals surface area (Å²) in [6, 6.07) is 2.84. The molecule has 0 bridgehead atoms. The monoisotopic (exact) mass is 446 g/mol. The van der Waals surface area contributed by atoms with Crippen molar-refractivity contribution in [2.75, 3.05) is 26.2 Å². The lowest BCUT2D eigenvalue weighted by Crippen LogP contribution is -2.50. The molecule has 0 aliphatic carbocycles. The Kier molecular flexibility index (Phi) is 6.07. The summed E-state index contributed by atoms with van der Waals surface area (Å²) in [5.41, 5.74) is -1.48. The number of benzene rings is 1. The zero-order chi connectivity index (χ0) is 22.2. The van der Waals surface area contributed by atoms with Crippen LogP contribution >= 0.6 is 11.6 Å². The predicted octanol–water partition coefficient (Wildman–Crippen LogP) is 3.87. The van der Waals surface area contributed by atoms with E-state index in [1.54, 1.807) is 13.8 Å². The van der Waals surface area contributed by atoms with E-state index in [9.17, 15) is 27.2 Å². The molecule has 6 nitrogen and oxygen atoms in total. The van der Waals surface area contributed by atoms with Crippen molar-refractivity contribution in [1.29, 1.82) is 0 Å². The minimum absolute atomic E-state index is 0.0329. The molecule has 0 radical (unpaired) electrons. The van der Waals surface area contributed by atoms with Crippen molar-refractivity contribution in [3.8, 4) is 0 Å². The summed E-state index contributed by atoms with van der Waals surface area (Å²) in [6.45, 7) is 3.40. The molecule has 0 unspecified atom stereocenters. The van der Waals surface area contributed by atoms with Crippen LogP contribution in [-0.2, 0) is 6.18 Å². The minimum atomic E-state index is -4.73. The highest BCUT2D eigenvalue weighted by molar-refractivity contribution is 6.33. The molecule has 0 atom stereocenters. The Morgan fingerprint density at radius 2 is 1.57 bits per heavy atom. The van der Waals surface area contributed by atoms with Crippen LogP contribution in [0.25, 0.3) is 0 Å². The fraction of sp³-hybridized carbons (Fsp3) is 0.421. The van der Waals surface area contributed by atoms with E-state index in [0.717, 1.165) is 23.0 Å². The van der Waals surface area contributed by atoms with Gasteiger partial charge in [0.2, 0.25) is 0 Å². The van der Waals surface area contributed by atoms with Crippen LogP contribution in [0.15, 0.2) is 24.4 Å². The lowest BCUT2D eigenvalue weighted by molar-refractivity contribution is -0.145. The lowest BCUT2D eigenvalue weighted by Gasteiger charge is -2.35. The largest absolute Gasteiger partial charge is 0.433 e. The molecule has 30 heavy (non-hydrogen) atoms. The summed E-state index contributed by atoms with van der Waals surface area (Å²) in [7, 11) is 0. The van der Waals surface area contributed by atoms with Crippen LogP contribution in [0.4, 0.5) is 17.6 Å². The topological polar surface area (TPSA) is 58.4 Å². The average Bonchev–Trinajstić information content (AvgIpc) is 3.13. The maximum Gasteiger partial charge on any atom is 0.433 e. The van der Waals surface area contributed by atoms with Crippen molar-refractivity contribution in [3.05, 3.63) is 52.1 Å². The van der Waals surface area contributed by atoms with Gasteiger partial charge < -0.3 is 9.80 Å². The second kappa shape index (κ2) is 8.25. The van der Waals surface area contributed by atoms with Crippen LogP contribution in [-0.4, -0.2) is 57.6 Å². The molecule has 11 heteroatoms. The number of carbonyl (C=O) groups excluding carboxylic acids is 2. The molecular weight excluding hydrogens is 428 g/mol. The minimum Gasteiger partial charge on any atom is -0.335 e. The van der Waals surface area contributed by atoms with Crippen molar-refractivity contribution in [1.82, 2.24) is 19.6 Å². The number of hydrogen-bond donors (Lipinski definition) is 0. The Morgan fingerprint density at radius 3 is 2.03 bits per heavy atom. The number of carbonyl (C=O) groups is 2. The first-order valence-corrected chi connectivity index (χ1v) is 9.56. The highest BCUT2D eigenvalue weighted by atomic mass is 35.5. The van der Waals surface area contributed by atoms with E-state index in [2.05, 4.69) is 5.10 Å². The Hall–Kier alpha value is -2.62. The number of rotatable bonds is 3. The van der Waals surface area contributed by atoms with E-state index < -0.39 is 41.1 Å². The Labute approximate surface area is 175 Å². The van der Waals surface area contributed by atoms with Crippen molar-refractivity contribution >= 4 is 23.4 Å². The van der Waals surface area contributed by atoms with Gasteiger partial charge in [0, 0.05) is 32.2 Å². The SMILES string of the molecule is CC(C)n1ncc(C(=O)N2CCN(C(=O)c3ccc(F)cc3Cl)CC2)c1C(F)(F)F. The van der Waals surface area contributed by atoms with Crippen molar-refractivity contribution in [3.63, 3.8) is 0 Å². The summed E-state index contributed by atoms with van der Waals surface area (Å²) >= 11 is 5.92. The molecule has 1 aliphatic rings. The number of aromatic nitrogens is 2. The Bertz CT molecular complexity index is 966. The lowest BCUT2D eigenvalue weighted by atomic mass is 10.1. The highest BCUT2D eigenvalue weighted by Crippen LogP contribution is 2.34. The predicted molar refractivity (Wildman–Crippen MR) is 101 cm³/mol. The zero-order valence-electron chi connectivity index (χ0n) is 16.2. The molecular formula is C19H19ClF4N4O2. The second-order valence-electron chi connectivity index (χ2n) is 7.15. The molecule has 2 heterocycles. The molecule has 0 saturated carbocycles. The third-order valence-electron chi connectivity index (χ3n) is 4.80. The van der Waals surface area contributed by atoms with E-state index in [-0.39, 0.29) is 36.8 Å².